The number of benzene rings is 4. The summed E-state index contributed by atoms with van der Waals surface area (Å²) in [5.74, 6) is -2.11. The third kappa shape index (κ3) is 5.40. The number of hydrogen-bond acceptors (Lipinski definition) is 4. The van der Waals surface area contributed by atoms with Crippen molar-refractivity contribution in [3.05, 3.63) is 114 Å². The van der Waals surface area contributed by atoms with Crippen LogP contribution in [-0.2, 0) is 9.59 Å². The van der Waals surface area contributed by atoms with Crippen molar-refractivity contribution in [1.82, 2.24) is 0 Å². The fourth-order valence-corrected chi connectivity index (χ4v) is 4.64. The van der Waals surface area contributed by atoms with Gasteiger partial charge in [0.2, 0.25) is 5.91 Å². The molecule has 3 amide bonds. The predicted octanol–water partition coefficient (Wildman–Crippen LogP) is 5.07. The Morgan fingerprint density at radius 3 is 2.13 bits per heavy atom. The maximum Gasteiger partial charge on any atom is 0.323 e. The fraction of sp³-hybridized carbons (Fsp3) is 0.0968. The average Bonchev–Trinajstić information content (AvgIpc) is 3.09. The van der Waals surface area contributed by atoms with Crippen LogP contribution < -0.4 is 15.1 Å². The van der Waals surface area contributed by atoms with Crippen molar-refractivity contribution in [2.24, 2.45) is 0 Å². The van der Waals surface area contributed by atoms with Gasteiger partial charge in [0.1, 0.15) is 6.54 Å². The standard InChI is InChI=1S/C31H25N3O5/c35-28-18-19-33(26-12-6-7-13-27(26)34(28)20-29(36)37)31(39)22-14-16-23(17-15-22)32-30(38)25-11-5-4-10-24(25)21-8-2-1-3-9-21/h1-17H,18-20H2,(H,32,38)(H,36,37). The van der Waals surface area contributed by atoms with Crippen molar-refractivity contribution >= 4 is 40.8 Å². The molecule has 0 saturated heterocycles. The molecule has 0 bridgehead atoms. The Balaban J connectivity index is 1.36. The van der Waals surface area contributed by atoms with Gasteiger partial charge in [0.25, 0.3) is 11.8 Å². The van der Waals surface area contributed by atoms with Gasteiger partial charge in [-0.1, -0.05) is 60.7 Å². The third-order valence-corrected chi connectivity index (χ3v) is 6.50. The summed E-state index contributed by atoms with van der Waals surface area (Å²) in [4.78, 5) is 53.3. The number of nitrogens with zero attached hydrogens (tertiary/aromatic N) is 2. The molecule has 1 aliphatic heterocycles. The van der Waals surface area contributed by atoms with Gasteiger partial charge in [-0.15, -0.1) is 0 Å². The first kappa shape index (κ1) is 25.4. The number of carboxylic acid groups (broad SMARTS) is 1. The second kappa shape index (κ2) is 11.0. The zero-order valence-corrected chi connectivity index (χ0v) is 20.9. The predicted molar refractivity (Wildman–Crippen MR) is 149 cm³/mol. The summed E-state index contributed by atoms with van der Waals surface area (Å²) in [5, 5.41) is 12.2. The maximum absolute atomic E-state index is 13.5. The van der Waals surface area contributed by atoms with E-state index in [1.54, 1.807) is 54.6 Å². The molecule has 4 aromatic rings. The minimum atomic E-state index is -1.14. The number of hydrogen-bond donors (Lipinski definition) is 2. The van der Waals surface area contributed by atoms with Gasteiger partial charge in [-0.2, -0.15) is 0 Å². The van der Waals surface area contributed by atoms with Crippen LogP contribution in [0.1, 0.15) is 27.1 Å². The van der Waals surface area contributed by atoms with E-state index in [-0.39, 0.29) is 30.7 Å². The number of aliphatic carboxylic acids is 1. The van der Waals surface area contributed by atoms with Crippen LogP contribution in [0.2, 0.25) is 0 Å². The first-order valence-electron chi connectivity index (χ1n) is 12.4. The van der Waals surface area contributed by atoms with Gasteiger partial charge in [-0.3, -0.25) is 24.1 Å². The van der Waals surface area contributed by atoms with E-state index >= 15 is 0 Å². The SMILES string of the molecule is O=C(O)CN1C(=O)CCN(C(=O)c2ccc(NC(=O)c3ccccc3-c3ccccc3)cc2)c2ccccc21. The molecule has 8 heteroatoms. The lowest BCUT2D eigenvalue weighted by atomic mass is 9.99. The Morgan fingerprint density at radius 1 is 0.769 bits per heavy atom. The molecular formula is C31H25N3O5. The molecule has 0 spiro atoms. The highest BCUT2D eigenvalue weighted by molar-refractivity contribution is 6.12. The second-order valence-electron chi connectivity index (χ2n) is 9.01. The molecule has 194 valence electrons. The van der Waals surface area contributed by atoms with Crippen molar-refractivity contribution in [2.45, 2.75) is 6.42 Å². The highest BCUT2D eigenvalue weighted by Crippen LogP contribution is 2.33. The number of amides is 3. The molecule has 39 heavy (non-hydrogen) atoms. The lowest BCUT2D eigenvalue weighted by molar-refractivity contribution is -0.136. The van der Waals surface area contributed by atoms with Crippen molar-refractivity contribution in [3.63, 3.8) is 0 Å². The molecule has 0 saturated carbocycles. The Hall–Kier alpha value is -5.24. The van der Waals surface area contributed by atoms with Crippen molar-refractivity contribution in [3.8, 4) is 11.1 Å². The number of fused-ring (bicyclic) bond motifs is 1. The summed E-state index contributed by atoms with van der Waals surface area (Å²) in [5.41, 5.74) is 4.00. The van der Waals surface area contributed by atoms with E-state index in [0.29, 0.717) is 28.2 Å². The molecule has 0 atom stereocenters. The van der Waals surface area contributed by atoms with Gasteiger partial charge in [0, 0.05) is 29.8 Å². The van der Waals surface area contributed by atoms with E-state index in [1.807, 2.05) is 48.5 Å². The molecule has 0 radical (unpaired) electrons. The van der Waals surface area contributed by atoms with Crippen molar-refractivity contribution < 1.29 is 24.3 Å². The summed E-state index contributed by atoms with van der Waals surface area (Å²) in [6.45, 7) is -0.376. The molecule has 0 unspecified atom stereocenters. The molecule has 8 nitrogen and oxygen atoms in total. The molecule has 0 fully saturated rings. The van der Waals surface area contributed by atoms with E-state index in [1.165, 1.54) is 9.80 Å². The second-order valence-corrected chi connectivity index (χ2v) is 9.01. The summed E-state index contributed by atoms with van der Waals surface area (Å²) in [6, 6.07) is 30.3. The average molecular weight is 520 g/mol. The van der Waals surface area contributed by atoms with E-state index in [9.17, 15) is 24.3 Å². The topological polar surface area (TPSA) is 107 Å². The van der Waals surface area contributed by atoms with E-state index in [4.69, 9.17) is 0 Å². The van der Waals surface area contributed by atoms with Crippen molar-refractivity contribution in [2.75, 3.05) is 28.2 Å². The number of nitrogens with one attached hydrogen (secondary N) is 1. The Bertz CT molecular complexity index is 1550. The number of rotatable bonds is 6. The van der Waals surface area contributed by atoms with Crippen LogP contribution in [-0.4, -0.2) is 41.9 Å². The van der Waals surface area contributed by atoms with E-state index in [0.717, 1.165) is 11.1 Å². The highest BCUT2D eigenvalue weighted by atomic mass is 16.4. The summed E-state index contributed by atoms with van der Waals surface area (Å²) < 4.78 is 0. The Morgan fingerprint density at radius 2 is 1.41 bits per heavy atom. The first-order valence-corrected chi connectivity index (χ1v) is 12.4. The molecule has 0 aliphatic carbocycles. The number of carbonyl (C=O) groups excluding carboxylic acids is 3. The van der Waals surface area contributed by atoms with E-state index < -0.39 is 12.5 Å². The normalized spacial score (nSPS) is 12.9. The highest BCUT2D eigenvalue weighted by Gasteiger charge is 2.30. The van der Waals surface area contributed by atoms with Crippen LogP contribution in [0.25, 0.3) is 11.1 Å². The van der Waals surface area contributed by atoms with Gasteiger partial charge in [0.15, 0.2) is 0 Å². The molecule has 5 rings (SSSR count). The third-order valence-electron chi connectivity index (χ3n) is 6.50. The molecular weight excluding hydrogens is 494 g/mol. The minimum absolute atomic E-state index is 0.0112. The van der Waals surface area contributed by atoms with Gasteiger partial charge < -0.3 is 15.3 Å². The lowest BCUT2D eigenvalue weighted by Gasteiger charge is -2.24. The molecule has 0 aromatic heterocycles. The minimum Gasteiger partial charge on any atom is -0.480 e. The quantitative estimate of drug-likeness (QED) is 0.370. The zero-order chi connectivity index (χ0) is 27.4. The summed E-state index contributed by atoms with van der Waals surface area (Å²) in [7, 11) is 0. The van der Waals surface area contributed by atoms with Crippen LogP contribution in [0, 0.1) is 0 Å². The number of para-hydroxylation sites is 2. The molecule has 2 N–H and O–H groups in total. The largest absolute Gasteiger partial charge is 0.480 e. The van der Waals surface area contributed by atoms with Gasteiger partial charge in [0.05, 0.1) is 11.4 Å². The first-order chi connectivity index (χ1) is 18.9. The smallest absolute Gasteiger partial charge is 0.323 e. The Kier molecular flexibility index (Phi) is 7.18. The van der Waals surface area contributed by atoms with Gasteiger partial charge in [-0.25, -0.2) is 0 Å². The number of carboxylic acids is 1. The zero-order valence-electron chi connectivity index (χ0n) is 20.9. The van der Waals surface area contributed by atoms with Crippen LogP contribution in [0.15, 0.2) is 103 Å². The summed E-state index contributed by atoms with van der Waals surface area (Å²) >= 11 is 0. The number of anilines is 3. The summed E-state index contributed by atoms with van der Waals surface area (Å²) in [6.07, 6.45) is -0.0112. The molecule has 1 aliphatic rings. The lowest BCUT2D eigenvalue weighted by Crippen LogP contribution is -2.35. The van der Waals surface area contributed by atoms with Gasteiger partial charge in [-0.05, 0) is 53.6 Å². The Labute approximate surface area is 225 Å². The molecule has 4 aromatic carbocycles. The van der Waals surface area contributed by atoms with Crippen LogP contribution in [0.5, 0.6) is 0 Å². The maximum atomic E-state index is 13.5. The van der Waals surface area contributed by atoms with Crippen molar-refractivity contribution in [1.29, 1.82) is 0 Å². The number of carbonyl (C=O) groups is 4. The monoisotopic (exact) mass is 519 g/mol. The molecule has 1 heterocycles. The van der Waals surface area contributed by atoms with Crippen LogP contribution >= 0.6 is 0 Å². The van der Waals surface area contributed by atoms with Gasteiger partial charge >= 0.3 is 5.97 Å². The van der Waals surface area contributed by atoms with Crippen LogP contribution in [0.3, 0.4) is 0 Å². The van der Waals surface area contributed by atoms with Crippen LogP contribution in [0.4, 0.5) is 17.1 Å². The van der Waals surface area contributed by atoms with E-state index in [2.05, 4.69) is 5.32 Å². The fourth-order valence-electron chi connectivity index (χ4n) is 4.64.